The number of sulfonamides is 1. The van der Waals surface area contributed by atoms with Crippen molar-refractivity contribution in [1.82, 2.24) is 4.31 Å². The van der Waals surface area contributed by atoms with Crippen LogP contribution in [-0.4, -0.2) is 38.7 Å². The lowest BCUT2D eigenvalue weighted by Gasteiger charge is -2.31. The third-order valence-electron chi connectivity index (χ3n) is 4.33. The van der Waals surface area contributed by atoms with Crippen LogP contribution in [0, 0.1) is 5.92 Å². The van der Waals surface area contributed by atoms with Crippen molar-refractivity contribution in [3.05, 3.63) is 29.8 Å². The predicted octanol–water partition coefficient (Wildman–Crippen LogP) is 2.69. The summed E-state index contributed by atoms with van der Waals surface area (Å²) in [5.41, 5.74) is 1.32. The van der Waals surface area contributed by atoms with Gasteiger partial charge in [0.25, 0.3) is 0 Å². The van der Waals surface area contributed by atoms with Crippen molar-refractivity contribution >= 4 is 10.0 Å². The van der Waals surface area contributed by atoms with Crippen molar-refractivity contribution in [2.24, 2.45) is 5.92 Å². The Kier molecular flexibility index (Phi) is 5.65. The molecule has 118 valence electrons. The van der Waals surface area contributed by atoms with Crippen LogP contribution < -0.4 is 4.74 Å². The number of methoxy groups -OCH3 is 1. The number of piperidine rings is 1. The van der Waals surface area contributed by atoms with E-state index in [1.807, 2.05) is 12.1 Å². The molecule has 1 aromatic carbocycles. The van der Waals surface area contributed by atoms with E-state index in [1.165, 1.54) is 5.56 Å². The summed E-state index contributed by atoms with van der Waals surface area (Å²) in [7, 11) is -1.33. The van der Waals surface area contributed by atoms with E-state index in [4.69, 9.17) is 4.74 Å². The minimum absolute atomic E-state index is 0.212. The van der Waals surface area contributed by atoms with Gasteiger partial charge in [0.15, 0.2) is 0 Å². The van der Waals surface area contributed by atoms with E-state index in [0.29, 0.717) is 19.0 Å². The number of nitrogens with zero attached hydrogens (tertiary/aromatic N) is 1. The topological polar surface area (TPSA) is 46.6 Å². The third-order valence-corrected chi connectivity index (χ3v) is 6.21. The van der Waals surface area contributed by atoms with Gasteiger partial charge < -0.3 is 4.74 Å². The summed E-state index contributed by atoms with van der Waals surface area (Å²) in [6.07, 6.45) is 4.15. The van der Waals surface area contributed by atoms with E-state index in [9.17, 15) is 8.42 Å². The van der Waals surface area contributed by atoms with Gasteiger partial charge in [0.05, 0.1) is 12.9 Å². The van der Waals surface area contributed by atoms with Gasteiger partial charge in [-0.3, -0.25) is 0 Å². The molecule has 0 N–H and O–H groups in total. The van der Waals surface area contributed by atoms with Crippen LogP contribution in [0.3, 0.4) is 0 Å². The van der Waals surface area contributed by atoms with Gasteiger partial charge in [-0.05, 0) is 56.2 Å². The van der Waals surface area contributed by atoms with Crippen molar-refractivity contribution in [2.75, 3.05) is 26.0 Å². The summed E-state index contributed by atoms with van der Waals surface area (Å²) >= 11 is 0. The average Bonchev–Trinajstić information content (AvgIpc) is 2.54. The molecule has 0 spiro atoms. The zero-order valence-corrected chi connectivity index (χ0v) is 13.7. The van der Waals surface area contributed by atoms with Gasteiger partial charge in [-0.25, -0.2) is 12.7 Å². The molecule has 21 heavy (non-hydrogen) atoms. The maximum atomic E-state index is 11.8. The van der Waals surface area contributed by atoms with Gasteiger partial charge in [-0.15, -0.1) is 0 Å². The van der Waals surface area contributed by atoms with Crippen molar-refractivity contribution in [2.45, 2.75) is 32.6 Å². The lowest BCUT2D eigenvalue weighted by molar-refractivity contribution is 0.264. The fourth-order valence-electron chi connectivity index (χ4n) is 2.82. The lowest BCUT2D eigenvalue weighted by Crippen LogP contribution is -2.39. The normalized spacial score (nSPS) is 17.8. The van der Waals surface area contributed by atoms with E-state index >= 15 is 0 Å². The molecule has 0 aromatic heterocycles. The smallest absolute Gasteiger partial charge is 0.213 e. The Hall–Kier alpha value is -1.07. The van der Waals surface area contributed by atoms with Crippen LogP contribution in [0.1, 0.15) is 31.7 Å². The standard InChI is InChI=1S/C16H25NO3S/c1-3-21(18,19)17-12-10-15(11-13-17)5-4-14-6-8-16(20-2)9-7-14/h6-9,15H,3-5,10-13H2,1-2H3. The fraction of sp³-hybridized carbons (Fsp3) is 0.625. The first-order valence-electron chi connectivity index (χ1n) is 7.66. The van der Waals surface area contributed by atoms with Crippen LogP contribution in [0.5, 0.6) is 5.75 Å². The van der Waals surface area contributed by atoms with Gasteiger partial charge >= 0.3 is 0 Å². The molecular formula is C16H25NO3S. The van der Waals surface area contributed by atoms with Gasteiger partial charge in [0, 0.05) is 13.1 Å². The summed E-state index contributed by atoms with van der Waals surface area (Å²) < 4.78 is 30.4. The van der Waals surface area contributed by atoms with E-state index in [0.717, 1.165) is 31.4 Å². The number of hydrogen-bond donors (Lipinski definition) is 0. The molecule has 1 aliphatic heterocycles. The predicted molar refractivity (Wildman–Crippen MR) is 85.1 cm³/mol. The Morgan fingerprint density at radius 1 is 1.19 bits per heavy atom. The molecule has 0 saturated carbocycles. The molecule has 1 fully saturated rings. The van der Waals surface area contributed by atoms with Crippen molar-refractivity contribution < 1.29 is 13.2 Å². The van der Waals surface area contributed by atoms with Crippen molar-refractivity contribution in [3.8, 4) is 5.75 Å². The Balaban J connectivity index is 1.78. The Bertz CT molecular complexity index is 531. The second-order valence-corrected chi connectivity index (χ2v) is 7.89. The highest BCUT2D eigenvalue weighted by Gasteiger charge is 2.26. The number of benzene rings is 1. The third kappa shape index (κ3) is 4.45. The van der Waals surface area contributed by atoms with Crippen molar-refractivity contribution in [3.63, 3.8) is 0 Å². The molecule has 5 heteroatoms. The molecule has 1 aromatic rings. The van der Waals surface area contributed by atoms with Crippen LogP contribution in [0.2, 0.25) is 0 Å². The number of ether oxygens (including phenoxy) is 1. The minimum atomic E-state index is -3.00. The van der Waals surface area contributed by atoms with E-state index in [-0.39, 0.29) is 5.75 Å². The molecule has 2 rings (SSSR count). The zero-order valence-electron chi connectivity index (χ0n) is 12.9. The number of rotatable bonds is 6. The highest BCUT2D eigenvalue weighted by Crippen LogP contribution is 2.24. The Morgan fingerprint density at radius 3 is 2.33 bits per heavy atom. The monoisotopic (exact) mass is 311 g/mol. The average molecular weight is 311 g/mol. The molecule has 0 amide bonds. The Morgan fingerprint density at radius 2 is 1.81 bits per heavy atom. The maximum Gasteiger partial charge on any atom is 0.213 e. The summed E-state index contributed by atoms with van der Waals surface area (Å²) in [5, 5.41) is 0. The number of hydrogen-bond acceptors (Lipinski definition) is 3. The molecule has 1 aliphatic rings. The second kappa shape index (κ2) is 7.27. The van der Waals surface area contributed by atoms with Gasteiger partial charge in [-0.2, -0.15) is 0 Å². The molecule has 1 saturated heterocycles. The molecular weight excluding hydrogens is 286 g/mol. The van der Waals surface area contributed by atoms with Crippen LogP contribution >= 0.6 is 0 Å². The molecule has 0 atom stereocenters. The SMILES string of the molecule is CCS(=O)(=O)N1CCC(CCc2ccc(OC)cc2)CC1. The lowest BCUT2D eigenvalue weighted by atomic mass is 9.91. The summed E-state index contributed by atoms with van der Waals surface area (Å²) in [4.78, 5) is 0. The maximum absolute atomic E-state index is 11.8. The van der Waals surface area contributed by atoms with Crippen LogP contribution in [0.15, 0.2) is 24.3 Å². The molecule has 0 radical (unpaired) electrons. The summed E-state index contributed by atoms with van der Waals surface area (Å²) in [5.74, 6) is 1.73. The second-order valence-electron chi connectivity index (χ2n) is 5.63. The fourth-order valence-corrected chi connectivity index (χ4v) is 3.95. The minimum Gasteiger partial charge on any atom is -0.497 e. The summed E-state index contributed by atoms with van der Waals surface area (Å²) in [6.45, 7) is 3.08. The quantitative estimate of drug-likeness (QED) is 0.811. The molecule has 4 nitrogen and oxygen atoms in total. The first-order chi connectivity index (χ1) is 10.0. The molecule has 0 unspecified atom stereocenters. The Labute approximate surface area is 128 Å². The number of aryl methyl sites for hydroxylation is 1. The van der Waals surface area contributed by atoms with E-state index < -0.39 is 10.0 Å². The summed E-state index contributed by atoms with van der Waals surface area (Å²) in [6, 6.07) is 8.20. The van der Waals surface area contributed by atoms with Gasteiger partial charge in [0.1, 0.15) is 5.75 Å². The highest BCUT2D eigenvalue weighted by molar-refractivity contribution is 7.89. The van der Waals surface area contributed by atoms with Crippen molar-refractivity contribution in [1.29, 1.82) is 0 Å². The highest BCUT2D eigenvalue weighted by atomic mass is 32.2. The molecule has 0 aliphatic carbocycles. The largest absolute Gasteiger partial charge is 0.497 e. The van der Waals surface area contributed by atoms with Gasteiger partial charge in [-0.1, -0.05) is 12.1 Å². The molecule has 1 heterocycles. The first kappa shape index (κ1) is 16.3. The van der Waals surface area contributed by atoms with E-state index in [1.54, 1.807) is 18.3 Å². The molecule has 0 bridgehead atoms. The first-order valence-corrected chi connectivity index (χ1v) is 9.27. The zero-order chi connectivity index (χ0) is 15.3. The van der Waals surface area contributed by atoms with Crippen LogP contribution in [-0.2, 0) is 16.4 Å². The van der Waals surface area contributed by atoms with Crippen LogP contribution in [0.4, 0.5) is 0 Å². The van der Waals surface area contributed by atoms with Crippen LogP contribution in [0.25, 0.3) is 0 Å². The van der Waals surface area contributed by atoms with E-state index in [2.05, 4.69) is 12.1 Å². The van der Waals surface area contributed by atoms with Gasteiger partial charge in [0.2, 0.25) is 10.0 Å².